The highest BCUT2D eigenvalue weighted by atomic mass is 16.2. The van der Waals surface area contributed by atoms with E-state index in [0.717, 1.165) is 45.3 Å². The Morgan fingerprint density at radius 1 is 1.12 bits per heavy atom. The summed E-state index contributed by atoms with van der Waals surface area (Å²) in [6, 6.07) is 9.61. The zero-order valence-corrected chi connectivity index (χ0v) is 15.3. The summed E-state index contributed by atoms with van der Waals surface area (Å²) in [6.45, 7) is 5.28. The van der Waals surface area contributed by atoms with Gasteiger partial charge in [0.05, 0.1) is 5.41 Å². The Hall–Kier alpha value is -1.88. The van der Waals surface area contributed by atoms with Crippen LogP contribution in [-0.2, 0) is 4.79 Å². The van der Waals surface area contributed by atoms with Crippen LogP contribution in [0.5, 0.6) is 0 Å². The third-order valence-corrected chi connectivity index (χ3v) is 5.61. The number of hydrogen-bond donors (Lipinski definition) is 1. The van der Waals surface area contributed by atoms with Crippen LogP contribution in [0, 0.1) is 5.41 Å². The minimum atomic E-state index is -0.494. The molecule has 2 saturated heterocycles. The molecule has 2 aliphatic heterocycles. The van der Waals surface area contributed by atoms with Crippen LogP contribution < -0.4 is 5.32 Å². The first-order valence-corrected chi connectivity index (χ1v) is 9.32. The van der Waals surface area contributed by atoms with E-state index in [-0.39, 0.29) is 17.9 Å². The highest BCUT2D eigenvalue weighted by Gasteiger charge is 2.40. The third kappa shape index (κ3) is 4.21. The maximum atomic E-state index is 12.9. The lowest BCUT2D eigenvalue weighted by Crippen LogP contribution is -2.54. The second-order valence-electron chi connectivity index (χ2n) is 7.81. The van der Waals surface area contributed by atoms with Gasteiger partial charge in [-0.2, -0.15) is 0 Å². The van der Waals surface area contributed by atoms with Crippen LogP contribution in [0.2, 0.25) is 0 Å². The van der Waals surface area contributed by atoms with Gasteiger partial charge in [0, 0.05) is 24.7 Å². The lowest BCUT2D eigenvalue weighted by molar-refractivity contribution is -0.133. The standard InChI is InChI=1S/C20H29N3O2/c1-20(19(25)21-17-9-13-22(2)14-10-17)11-6-12-23(15-20)18(24)16-7-4-3-5-8-16/h3-5,7-8,17H,6,9-15H2,1-2H3,(H,21,25). The molecule has 5 heteroatoms. The van der Waals surface area contributed by atoms with Crippen molar-refractivity contribution < 1.29 is 9.59 Å². The molecule has 2 fully saturated rings. The van der Waals surface area contributed by atoms with Gasteiger partial charge in [0.25, 0.3) is 5.91 Å². The van der Waals surface area contributed by atoms with Gasteiger partial charge in [0.1, 0.15) is 0 Å². The van der Waals surface area contributed by atoms with E-state index >= 15 is 0 Å². The Morgan fingerprint density at radius 3 is 2.48 bits per heavy atom. The van der Waals surface area contributed by atoms with Crippen molar-refractivity contribution in [2.75, 3.05) is 33.2 Å². The molecule has 2 amide bonds. The number of nitrogens with one attached hydrogen (secondary N) is 1. The largest absolute Gasteiger partial charge is 0.353 e. The SMILES string of the molecule is CN1CCC(NC(=O)C2(C)CCCN(C(=O)c3ccccc3)C2)CC1. The molecule has 0 bridgehead atoms. The monoisotopic (exact) mass is 343 g/mol. The molecule has 0 aromatic heterocycles. The molecule has 0 saturated carbocycles. The topological polar surface area (TPSA) is 52.7 Å². The molecule has 2 aliphatic rings. The number of benzene rings is 1. The lowest BCUT2D eigenvalue weighted by atomic mass is 9.80. The van der Waals surface area contributed by atoms with Gasteiger partial charge in [-0.25, -0.2) is 0 Å². The molecule has 0 spiro atoms. The quantitative estimate of drug-likeness (QED) is 0.915. The number of nitrogens with zero attached hydrogens (tertiary/aromatic N) is 2. The van der Waals surface area contributed by atoms with E-state index in [1.54, 1.807) is 0 Å². The molecular weight excluding hydrogens is 314 g/mol. The van der Waals surface area contributed by atoms with Crippen molar-refractivity contribution in [1.82, 2.24) is 15.1 Å². The Bertz CT molecular complexity index is 611. The predicted octanol–water partition coefficient (Wildman–Crippen LogP) is 2.14. The predicted molar refractivity (Wildman–Crippen MR) is 98.3 cm³/mol. The first-order valence-electron chi connectivity index (χ1n) is 9.32. The van der Waals surface area contributed by atoms with E-state index < -0.39 is 5.41 Å². The van der Waals surface area contributed by atoms with Gasteiger partial charge in [-0.15, -0.1) is 0 Å². The van der Waals surface area contributed by atoms with Crippen molar-refractivity contribution in [2.24, 2.45) is 5.41 Å². The zero-order valence-electron chi connectivity index (χ0n) is 15.3. The highest BCUT2D eigenvalue weighted by molar-refractivity contribution is 5.95. The number of rotatable bonds is 3. The zero-order chi connectivity index (χ0) is 17.9. The maximum absolute atomic E-state index is 12.9. The van der Waals surface area contributed by atoms with Gasteiger partial charge >= 0.3 is 0 Å². The van der Waals surface area contributed by atoms with Crippen LogP contribution in [0.25, 0.3) is 0 Å². The van der Waals surface area contributed by atoms with Crippen LogP contribution in [0.4, 0.5) is 0 Å². The Kier molecular flexibility index (Phi) is 5.42. The number of carbonyl (C=O) groups is 2. The van der Waals surface area contributed by atoms with Crippen LogP contribution in [-0.4, -0.2) is 60.9 Å². The number of amides is 2. The first-order chi connectivity index (χ1) is 12.0. The normalized spacial score (nSPS) is 25.6. The van der Waals surface area contributed by atoms with Crippen molar-refractivity contribution in [1.29, 1.82) is 0 Å². The Balaban J connectivity index is 1.62. The molecule has 1 atom stereocenters. The van der Waals surface area contributed by atoms with Crippen molar-refractivity contribution in [3.05, 3.63) is 35.9 Å². The molecule has 25 heavy (non-hydrogen) atoms. The Labute approximate surface area is 150 Å². The molecule has 2 heterocycles. The van der Waals surface area contributed by atoms with Gasteiger partial charge in [-0.05, 0) is 64.9 Å². The lowest BCUT2D eigenvalue weighted by Gasteiger charge is -2.40. The van der Waals surface area contributed by atoms with Crippen molar-refractivity contribution in [3.8, 4) is 0 Å². The van der Waals surface area contributed by atoms with E-state index in [2.05, 4.69) is 17.3 Å². The molecule has 1 aromatic rings. The van der Waals surface area contributed by atoms with Gasteiger partial charge in [-0.3, -0.25) is 9.59 Å². The Morgan fingerprint density at radius 2 is 1.80 bits per heavy atom. The molecule has 1 aromatic carbocycles. The highest BCUT2D eigenvalue weighted by Crippen LogP contribution is 2.31. The van der Waals surface area contributed by atoms with E-state index in [4.69, 9.17) is 0 Å². The summed E-state index contributed by atoms with van der Waals surface area (Å²) in [5.74, 6) is 0.131. The van der Waals surface area contributed by atoms with Crippen molar-refractivity contribution in [2.45, 2.75) is 38.6 Å². The van der Waals surface area contributed by atoms with E-state index in [1.165, 1.54) is 0 Å². The fourth-order valence-electron chi connectivity index (χ4n) is 3.87. The van der Waals surface area contributed by atoms with E-state index in [9.17, 15) is 9.59 Å². The van der Waals surface area contributed by atoms with Gasteiger partial charge < -0.3 is 15.1 Å². The molecule has 3 rings (SSSR count). The number of carbonyl (C=O) groups excluding carboxylic acids is 2. The average molecular weight is 343 g/mol. The van der Waals surface area contributed by atoms with Gasteiger partial charge in [0.2, 0.25) is 5.91 Å². The first kappa shape index (κ1) is 17.9. The number of hydrogen-bond acceptors (Lipinski definition) is 3. The smallest absolute Gasteiger partial charge is 0.253 e. The molecule has 1 N–H and O–H groups in total. The summed E-state index contributed by atoms with van der Waals surface area (Å²) in [5.41, 5.74) is 0.203. The van der Waals surface area contributed by atoms with Crippen LogP contribution >= 0.6 is 0 Å². The minimum absolute atomic E-state index is 0.0265. The molecule has 1 unspecified atom stereocenters. The van der Waals surface area contributed by atoms with E-state index in [1.807, 2.05) is 42.2 Å². The summed E-state index contributed by atoms with van der Waals surface area (Å²) >= 11 is 0. The summed E-state index contributed by atoms with van der Waals surface area (Å²) in [5, 5.41) is 3.25. The second-order valence-corrected chi connectivity index (χ2v) is 7.81. The van der Waals surface area contributed by atoms with Crippen LogP contribution in [0.1, 0.15) is 43.0 Å². The third-order valence-electron chi connectivity index (χ3n) is 5.61. The van der Waals surface area contributed by atoms with Crippen molar-refractivity contribution >= 4 is 11.8 Å². The number of likely N-dealkylation sites (tertiary alicyclic amines) is 2. The fraction of sp³-hybridized carbons (Fsp3) is 0.600. The molecule has 0 aliphatic carbocycles. The van der Waals surface area contributed by atoms with Gasteiger partial charge in [-0.1, -0.05) is 18.2 Å². The maximum Gasteiger partial charge on any atom is 0.253 e. The number of piperidine rings is 2. The van der Waals surface area contributed by atoms with Gasteiger partial charge in [0.15, 0.2) is 0 Å². The van der Waals surface area contributed by atoms with E-state index in [0.29, 0.717) is 12.1 Å². The molecular formula is C20H29N3O2. The fourth-order valence-corrected chi connectivity index (χ4v) is 3.87. The molecule has 0 radical (unpaired) electrons. The van der Waals surface area contributed by atoms with Crippen LogP contribution in [0.15, 0.2) is 30.3 Å². The molecule has 5 nitrogen and oxygen atoms in total. The summed E-state index contributed by atoms with van der Waals surface area (Å²) in [4.78, 5) is 29.8. The average Bonchev–Trinajstić information content (AvgIpc) is 2.63. The summed E-state index contributed by atoms with van der Waals surface area (Å²) in [6.07, 6.45) is 3.72. The summed E-state index contributed by atoms with van der Waals surface area (Å²) in [7, 11) is 2.12. The second kappa shape index (κ2) is 7.56. The van der Waals surface area contributed by atoms with Crippen LogP contribution in [0.3, 0.4) is 0 Å². The van der Waals surface area contributed by atoms with Crippen molar-refractivity contribution in [3.63, 3.8) is 0 Å². The molecule has 136 valence electrons. The minimum Gasteiger partial charge on any atom is -0.353 e. The summed E-state index contributed by atoms with van der Waals surface area (Å²) < 4.78 is 0.